The number of aromatic nitrogens is 3. The molecule has 8 aromatic carbocycles. The van der Waals surface area contributed by atoms with E-state index < -0.39 is 0 Å². The van der Waals surface area contributed by atoms with E-state index >= 15 is 0 Å². The van der Waals surface area contributed by atoms with Crippen molar-refractivity contribution in [3.8, 4) is 73.0 Å². The normalized spacial score (nSPS) is 12.8. The van der Waals surface area contributed by atoms with Crippen LogP contribution in [0.25, 0.3) is 94.8 Å². The molecule has 0 bridgehead atoms. The summed E-state index contributed by atoms with van der Waals surface area (Å²) in [7, 11) is 0. The highest BCUT2D eigenvalue weighted by Gasteiger charge is 2.37. The maximum atomic E-state index is 5.32. The number of benzene rings is 8. The van der Waals surface area contributed by atoms with Gasteiger partial charge in [-0.1, -0.05) is 184 Å². The van der Waals surface area contributed by atoms with E-state index in [4.69, 9.17) is 9.97 Å². The van der Waals surface area contributed by atoms with Crippen LogP contribution in [0.15, 0.2) is 200 Å². The Balaban J connectivity index is 1.26. The number of rotatable bonds is 6. The Morgan fingerprint density at radius 2 is 0.914 bits per heavy atom. The second kappa shape index (κ2) is 13.4. The molecule has 274 valence electrons. The van der Waals surface area contributed by atoms with Crippen LogP contribution in [0.3, 0.4) is 0 Å². The van der Waals surface area contributed by atoms with Crippen LogP contribution in [-0.4, -0.2) is 14.5 Å². The molecule has 0 atom stereocenters. The maximum absolute atomic E-state index is 5.32. The molecule has 0 spiro atoms. The first-order valence-corrected chi connectivity index (χ1v) is 20.0. The third-order valence-electron chi connectivity index (χ3n) is 12.0. The quantitative estimate of drug-likeness (QED) is 0.170. The highest BCUT2D eigenvalue weighted by molar-refractivity contribution is 6.18. The number of para-hydroxylation sites is 1. The fourth-order valence-electron chi connectivity index (χ4n) is 9.26. The van der Waals surface area contributed by atoms with Gasteiger partial charge in [-0.25, -0.2) is 9.97 Å². The van der Waals surface area contributed by atoms with Gasteiger partial charge in [0.2, 0.25) is 0 Å². The zero-order chi connectivity index (χ0) is 38.8. The maximum Gasteiger partial charge on any atom is 0.160 e. The van der Waals surface area contributed by atoms with Crippen molar-refractivity contribution in [2.24, 2.45) is 0 Å². The van der Waals surface area contributed by atoms with Crippen molar-refractivity contribution >= 4 is 21.8 Å². The fourth-order valence-corrected chi connectivity index (χ4v) is 9.26. The smallest absolute Gasteiger partial charge is 0.160 e. The molecule has 0 amide bonds. The molecule has 3 heteroatoms. The molecule has 3 nitrogen and oxygen atoms in total. The van der Waals surface area contributed by atoms with Crippen LogP contribution in [0.5, 0.6) is 0 Å². The van der Waals surface area contributed by atoms with Crippen LogP contribution >= 0.6 is 0 Å². The monoisotopic (exact) mass is 741 g/mol. The molecule has 0 unspecified atom stereocenters. The van der Waals surface area contributed by atoms with Crippen LogP contribution in [0.1, 0.15) is 25.0 Å². The summed E-state index contributed by atoms with van der Waals surface area (Å²) in [6, 6.07) is 71.8. The zero-order valence-corrected chi connectivity index (χ0v) is 32.4. The van der Waals surface area contributed by atoms with Gasteiger partial charge in [0.25, 0.3) is 0 Å². The number of hydrogen-bond donors (Lipinski definition) is 0. The summed E-state index contributed by atoms with van der Waals surface area (Å²) in [6.45, 7) is 4.73. The molecule has 1 aliphatic carbocycles. The van der Waals surface area contributed by atoms with Gasteiger partial charge >= 0.3 is 0 Å². The molecule has 58 heavy (non-hydrogen) atoms. The Morgan fingerprint density at radius 1 is 0.397 bits per heavy atom. The molecule has 11 rings (SSSR count). The molecule has 0 aliphatic heterocycles. The first-order chi connectivity index (χ1) is 28.5. The lowest BCUT2D eigenvalue weighted by atomic mass is 9.82. The minimum Gasteiger partial charge on any atom is -0.308 e. The largest absolute Gasteiger partial charge is 0.308 e. The lowest BCUT2D eigenvalue weighted by Crippen LogP contribution is -2.14. The van der Waals surface area contributed by atoms with Gasteiger partial charge in [0.1, 0.15) is 0 Å². The molecule has 0 N–H and O–H groups in total. The second-order valence-electron chi connectivity index (χ2n) is 15.8. The summed E-state index contributed by atoms with van der Waals surface area (Å²) in [5, 5.41) is 2.55. The summed E-state index contributed by atoms with van der Waals surface area (Å²) in [6.07, 6.45) is 0. The van der Waals surface area contributed by atoms with Crippen LogP contribution in [-0.2, 0) is 5.41 Å². The lowest BCUT2D eigenvalue weighted by Gasteiger charge is -2.22. The molecule has 2 aromatic heterocycles. The van der Waals surface area contributed by atoms with Crippen molar-refractivity contribution in [3.05, 3.63) is 211 Å². The summed E-state index contributed by atoms with van der Waals surface area (Å²) < 4.78 is 2.53. The van der Waals surface area contributed by atoms with Gasteiger partial charge in [-0.3, -0.25) is 0 Å². The Labute approximate surface area is 338 Å². The van der Waals surface area contributed by atoms with Gasteiger partial charge in [0, 0.05) is 44.0 Å². The summed E-state index contributed by atoms with van der Waals surface area (Å²) >= 11 is 0. The van der Waals surface area contributed by atoms with E-state index in [-0.39, 0.29) is 5.41 Å². The van der Waals surface area contributed by atoms with Crippen LogP contribution in [0.2, 0.25) is 0 Å². The van der Waals surface area contributed by atoms with Crippen molar-refractivity contribution in [2.45, 2.75) is 19.3 Å². The zero-order valence-electron chi connectivity index (χ0n) is 32.4. The van der Waals surface area contributed by atoms with E-state index in [1.165, 1.54) is 44.1 Å². The highest BCUT2D eigenvalue weighted by Crippen LogP contribution is 2.54. The van der Waals surface area contributed by atoms with E-state index in [1.807, 2.05) is 24.3 Å². The highest BCUT2D eigenvalue weighted by atomic mass is 15.0. The number of fused-ring (bicyclic) bond motifs is 7. The molecule has 10 aromatic rings. The topological polar surface area (TPSA) is 30.7 Å². The minimum atomic E-state index is -0.107. The molecular weight excluding hydrogens is 703 g/mol. The van der Waals surface area contributed by atoms with Crippen molar-refractivity contribution < 1.29 is 0 Å². The average Bonchev–Trinajstić information content (AvgIpc) is 3.75. The van der Waals surface area contributed by atoms with Gasteiger partial charge in [0.05, 0.1) is 28.1 Å². The van der Waals surface area contributed by atoms with Crippen LogP contribution < -0.4 is 0 Å². The minimum absolute atomic E-state index is 0.107. The van der Waals surface area contributed by atoms with Gasteiger partial charge in [-0.05, 0) is 63.7 Å². The average molecular weight is 742 g/mol. The van der Waals surface area contributed by atoms with E-state index in [2.05, 4.69) is 194 Å². The van der Waals surface area contributed by atoms with Gasteiger partial charge in [0.15, 0.2) is 5.82 Å². The van der Waals surface area contributed by atoms with Crippen molar-refractivity contribution in [1.82, 2.24) is 14.5 Å². The molecule has 1 aliphatic rings. The predicted octanol–water partition coefficient (Wildman–Crippen LogP) is 14.2. The van der Waals surface area contributed by atoms with E-state index in [9.17, 15) is 0 Å². The van der Waals surface area contributed by atoms with Crippen molar-refractivity contribution in [3.63, 3.8) is 0 Å². The number of nitrogens with zero attached hydrogens (tertiary/aromatic N) is 3. The lowest BCUT2D eigenvalue weighted by molar-refractivity contribution is 0.661. The van der Waals surface area contributed by atoms with Gasteiger partial charge in [-0.15, -0.1) is 0 Å². The van der Waals surface area contributed by atoms with E-state index in [0.29, 0.717) is 5.82 Å². The third-order valence-corrected chi connectivity index (χ3v) is 12.0. The molecule has 2 heterocycles. The molecule has 0 saturated carbocycles. The Morgan fingerprint density at radius 3 is 1.55 bits per heavy atom. The summed E-state index contributed by atoms with van der Waals surface area (Å²) in [4.78, 5) is 10.4. The molecule has 0 fully saturated rings. The summed E-state index contributed by atoms with van der Waals surface area (Å²) in [5.41, 5.74) is 18.1. The van der Waals surface area contributed by atoms with Crippen molar-refractivity contribution in [2.75, 3.05) is 0 Å². The molecular formula is C55H39N3. The Hall–Kier alpha value is -7.36. The third kappa shape index (κ3) is 5.35. The SMILES string of the molecule is CC1(C)c2ccccc2-c2c1ccc1c2c2ccccc2n1-c1c(-c2ccccc2)cc(-c2cc(-c3ccccc3)nc(-c3ccccc3)n2)cc1-c1ccccc1. The van der Waals surface area contributed by atoms with E-state index in [0.717, 1.165) is 56.0 Å². The van der Waals surface area contributed by atoms with Crippen LogP contribution in [0, 0.1) is 0 Å². The predicted molar refractivity (Wildman–Crippen MR) is 241 cm³/mol. The molecule has 0 radical (unpaired) electrons. The van der Waals surface area contributed by atoms with Gasteiger partial charge < -0.3 is 4.57 Å². The molecule has 0 saturated heterocycles. The Kier molecular flexibility index (Phi) is 7.84. The van der Waals surface area contributed by atoms with Gasteiger partial charge in [-0.2, -0.15) is 0 Å². The first kappa shape index (κ1) is 33.9. The first-order valence-electron chi connectivity index (χ1n) is 20.0. The fraction of sp³-hybridized carbons (Fsp3) is 0.0545. The Bertz CT molecular complexity index is 3040. The van der Waals surface area contributed by atoms with E-state index in [1.54, 1.807) is 0 Å². The second-order valence-corrected chi connectivity index (χ2v) is 15.8. The van der Waals surface area contributed by atoms with Crippen LogP contribution in [0.4, 0.5) is 0 Å². The number of hydrogen-bond acceptors (Lipinski definition) is 2. The standard InChI is InChI=1S/C55H39N3/c1-55(2)45-29-17-15-27-41(45)51-46(55)31-32-50-52(51)42-28-16-18-30-49(42)58(50)53-43(36-19-7-3-8-20-36)33-40(34-44(53)37-21-9-4-10-22-37)48-35-47(38-23-11-5-12-24-38)56-54(57-48)39-25-13-6-14-26-39/h3-35H,1-2H3. The van der Waals surface area contributed by atoms with Crippen molar-refractivity contribution in [1.29, 1.82) is 0 Å². The summed E-state index contributed by atoms with van der Waals surface area (Å²) in [5.74, 6) is 0.697.